The van der Waals surface area contributed by atoms with Gasteiger partial charge in [0.25, 0.3) is 5.91 Å². The molecule has 0 spiro atoms. The van der Waals surface area contributed by atoms with Crippen LogP contribution in [0, 0.1) is 17.5 Å². The van der Waals surface area contributed by atoms with Crippen molar-refractivity contribution in [2.75, 3.05) is 5.32 Å². The highest BCUT2D eigenvalue weighted by atomic mass is 32.2. The maximum absolute atomic E-state index is 13.9. The van der Waals surface area contributed by atoms with Gasteiger partial charge >= 0.3 is 0 Å². The molecule has 2 N–H and O–H groups in total. The Hall–Kier alpha value is -2.39. The quantitative estimate of drug-likeness (QED) is 0.850. The molecule has 1 aliphatic carbocycles. The van der Waals surface area contributed by atoms with E-state index in [1.807, 2.05) is 0 Å². The zero-order valence-corrected chi connectivity index (χ0v) is 13.5. The minimum Gasteiger partial charge on any atom is -0.322 e. The van der Waals surface area contributed by atoms with Crippen molar-refractivity contribution in [2.24, 2.45) is 0 Å². The number of halogens is 3. The molecule has 1 amide bonds. The van der Waals surface area contributed by atoms with Gasteiger partial charge in [0, 0.05) is 23.4 Å². The highest BCUT2D eigenvalue weighted by molar-refractivity contribution is 7.89. The van der Waals surface area contributed by atoms with Crippen molar-refractivity contribution in [2.45, 2.75) is 23.8 Å². The summed E-state index contributed by atoms with van der Waals surface area (Å²) in [5, 5.41) is 2.29. The van der Waals surface area contributed by atoms with E-state index in [-0.39, 0.29) is 17.3 Å². The van der Waals surface area contributed by atoms with Crippen LogP contribution in [0.2, 0.25) is 0 Å². The van der Waals surface area contributed by atoms with Gasteiger partial charge in [0.15, 0.2) is 11.6 Å². The molecule has 0 atom stereocenters. The fraction of sp³-hybridized carbons (Fsp3) is 0.188. The molecule has 0 unspecified atom stereocenters. The molecule has 1 aliphatic rings. The predicted molar refractivity (Wildman–Crippen MR) is 84.1 cm³/mol. The van der Waals surface area contributed by atoms with Crippen LogP contribution in [0.15, 0.2) is 41.3 Å². The molecule has 0 radical (unpaired) electrons. The Morgan fingerprint density at radius 3 is 2.28 bits per heavy atom. The lowest BCUT2D eigenvalue weighted by Gasteiger charge is -2.10. The van der Waals surface area contributed by atoms with Gasteiger partial charge in [0.05, 0.1) is 0 Å². The van der Waals surface area contributed by atoms with Gasteiger partial charge < -0.3 is 5.32 Å². The van der Waals surface area contributed by atoms with Crippen LogP contribution >= 0.6 is 0 Å². The highest BCUT2D eigenvalue weighted by Crippen LogP contribution is 2.24. The molecule has 0 saturated heterocycles. The van der Waals surface area contributed by atoms with E-state index < -0.39 is 38.3 Å². The molecule has 2 aromatic rings. The van der Waals surface area contributed by atoms with Crippen LogP contribution in [0.3, 0.4) is 0 Å². The first-order valence-electron chi connectivity index (χ1n) is 7.34. The number of hydrogen-bond acceptors (Lipinski definition) is 3. The van der Waals surface area contributed by atoms with E-state index in [0.29, 0.717) is 12.8 Å². The van der Waals surface area contributed by atoms with Crippen LogP contribution in [0.5, 0.6) is 0 Å². The molecular formula is C16H13F3N2O3S. The molecule has 1 saturated carbocycles. The third-order valence-electron chi connectivity index (χ3n) is 3.56. The maximum atomic E-state index is 13.9. The first-order chi connectivity index (χ1) is 11.8. The van der Waals surface area contributed by atoms with E-state index in [2.05, 4.69) is 10.0 Å². The number of anilines is 1. The van der Waals surface area contributed by atoms with Crippen LogP contribution in [-0.2, 0) is 10.0 Å². The number of hydrogen-bond donors (Lipinski definition) is 2. The minimum atomic E-state index is -4.08. The van der Waals surface area contributed by atoms with Crippen molar-refractivity contribution >= 4 is 21.6 Å². The minimum absolute atomic E-state index is 0.0197. The molecule has 0 aromatic heterocycles. The van der Waals surface area contributed by atoms with E-state index in [1.54, 1.807) is 0 Å². The summed E-state index contributed by atoms with van der Waals surface area (Å²) in [5.74, 6) is -3.99. The molecule has 2 aromatic carbocycles. The lowest BCUT2D eigenvalue weighted by atomic mass is 10.2. The summed E-state index contributed by atoms with van der Waals surface area (Å²) in [6, 6.07) is 5.40. The summed E-state index contributed by atoms with van der Waals surface area (Å²) >= 11 is 0. The van der Waals surface area contributed by atoms with Crippen LogP contribution in [0.25, 0.3) is 0 Å². The number of carbonyl (C=O) groups is 1. The van der Waals surface area contributed by atoms with Gasteiger partial charge in [0.2, 0.25) is 10.0 Å². The number of benzene rings is 2. The first-order valence-corrected chi connectivity index (χ1v) is 8.83. The monoisotopic (exact) mass is 370 g/mol. The lowest BCUT2D eigenvalue weighted by Crippen LogP contribution is -2.27. The Bertz CT molecular complexity index is 944. The third-order valence-corrected chi connectivity index (χ3v) is 5.10. The molecule has 25 heavy (non-hydrogen) atoms. The Morgan fingerprint density at radius 1 is 0.960 bits per heavy atom. The number of carbonyl (C=O) groups excluding carboxylic acids is 1. The highest BCUT2D eigenvalue weighted by Gasteiger charge is 2.30. The second kappa shape index (κ2) is 6.49. The number of sulfonamides is 1. The Morgan fingerprint density at radius 2 is 1.64 bits per heavy atom. The first kappa shape index (κ1) is 17.4. The third kappa shape index (κ3) is 3.99. The molecule has 9 heteroatoms. The summed E-state index contributed by atoms with van der Waals surface area (Å²) in [7, 11) is -4.08. The zero-order valence-electron chi connectivity index (χ0n) is 12.7. The van der Waals surface area contributed by atoms with E-state index in [1.165, 1.54) is 0 Å². The molecular weight excluding hydrogens is 357 g/mol. The Labute approximate surface area is 141 Å². The normalized spacial score (nSPS) is 14.4. The predicted octanol–water partition coefficient (Wildman–Crippen LogP) is 2.80. The van der Waals surface area contributed by atoms with E-state index in [4.69, 9.17) is 0 Å². The Kier molecular flexibility index (Phi) is 4.53. The second-order valence-corrected chi connectivity index (χ2v) is 7.31. The number of amides is 1. The van der Waals surface area contributed by atoms with Gasteiger partial charge in [-0.1, -0.05) is 0 Å². The van der Waals surface area contributed by atoms with Crippen molar-refractivity contribution in [3.8, 4) is 0 Å². The van der Waals surface area contributed by atoms with Crippen molar-refractivity contribution in [3.63, 3.8) is 0 Å². The van der Waals surface area contributed by atoms with Crippen LogP contribution in [0.1, 0.15) is 23.2 Å². The lowest BCUT2D eigenvalue weighted by molar-refractivity contribution is 0.102. The largest absolute Gasteiger partial charge is 0.322 e. The zero-order chi connectivity index (χ0) is 18.2. The van der Waals surface area contributed by atoms with Crippen LogP contribution in [-0.4, -0.2) is 20.4 Å². The van der Waals surface area contributed by atoms with Crippen LogP contribution < -0.4 is 10.0 Å². The van der Waals surface area contributed by atoms with E-state index in [9.17, 15) is 26.4 Å². The van der Waals surface area contributed by atoms with Crippen molar-refractivity contribution in [1.82, 2.24) is 4.72 Å². The van der Waals surface area contributed by atoms with Crippen molar-refractivity contribution in [1.29, 1.82) is 0 Å². The number of rotatable bonds is 5. The smallest absolute Gasteiger partial charge is 0.255 e. The fourth-order valence-electron chi connectivity index (χ4n) is 2.11. The second-order valence-electron chi connectivity index (χ2n) is 5.62. The van der Waals surface area contributed by atoms with Crippen molar-refractivity contribution < 1.29 is 26.4 Å². The summed E-state index contributed by atoms with van der Waals surface area (Å²) in [6.07, 6.45) is 1.36. The Balaban J connectivity index is 1.85. The van der Waals surface area contributed by atoms with Gasteiger partial charge in [-0.2, -0.15) is 0 Å². The van der Waals surface area contributed by atoms with Gasteiger partial charge in [-0.25, -0.2) is 26.3 Å². The average molecular weight is 370 g/mol. The standard InChI is InChI=1S/C16H13F3N2O3S/c17-12-6-4-11(8-14(12)19)20-16(22)9-1-5-13(18)15(7-9)25(23,24)21-10-2-3-10/h1,4-8,10,21H,2-3H2,(H,20,22). The molecule has 5 nitrogen and oxygen atoms in total. The average Bonchev–Trinajstić information content (AvgIpc) is 3.34. The summed E-state index contributed by atoms with van der Waals surface area (Å²) in [6.45, 7) is 0. The molecule has 1 fully saturated rings. The molecule has 3 rings (SSSR count). The van der Waals surface area contributed by atoms with E-state index in [0.717, 1.165) is 36.4 Å². The van der Waals surface area contributed by atoms with Crippen molar-refractivity contribution in [3.05, 3.63) is 59.4 Å². The van der Waals surface area contributed by atoms with Gasteiger partial charge in [-0.15, -0.1) is 0 Å². The summed E-state index contributed by atoms with van der Waals surface area (Å²) in [4.78, 5) is 11.5. The molecule has 132 valence electrons. The summed E-state index contributed by atoms with van der Waals surface area (Å²) < 4.78 is 66.6. The molecule has 0 aliphatic heterocycles. The van der Waals surface area contributed by atoms with Crippen LogP contribution in [0.4, 0.5) is 18.9 Å². The summed E-state index contributed by atoms with van der Waals surface area (Å²) in [5.41, 5.74) is -0.156. The number of nitrogens with one attached hydrogen (secondary N) is 2. The SMILES string of the molecule is O=C(Nc1ccc(F)c(F)c1)c1ccc(F)c(S(=O)(=O)NC2CC2)c1. The van der Waals surface area contributed by atoms with Gasteiger partial charge in [-0.3, -0.25) is 4.79 Å². The molecule has 0 bridgehead atoms. The van der Waals surface area contributed by atoms with Gasteiger partial charge in [0.1, 0.15) is 10.7 Å². The maximum Gasteiger partial charge on any atom is 0.255 e. The topological polar surface area (TPSA) is 75.3 Å². The molecule has 0 heterocycles. The van der Waals surface area contributed by atoms with Gasteiger partial charge in [-0.05, 0) is 43.2 Å². The van der Waals surface area contributed by atoms with E-state index >= 15 is 0 Å². The fourth-order valence-corrected chi connectivity index (χ4v) is 3.52.